The van der Waals surface area contributed by atoms with Crippen LogP contribution < -0.4 is 5.32 Å². The summed E-state index contributed by atoms with van der Waals surface area (Å²) in [4.78, 5) is 11.9. The first-order valence-electron chi connectivity index (χ1n) is 6.19. The lowest BCUT2D eigenvalue weighted by Crippen LogP contribution is -2.36. The van der Waals surface area contributed by atoms with E-state index in [1.165, 1.54) is 0 Å². The molecule has 0 aromatic heterocycles. The first-order chi connectivity index (χ1) is 8.13. The van der Waals surface area contributed by atoms with Gasteiger partial charge in [-0.3, -0.25) is 4.79 Å². The fraction of sp³-hybridized carbons (Fsp3) is 0.500. The normalized spacial score (nSPS) is 24.2. The van der Waals surface area contributed by atoms with Crippen molar-refractivity contribution in [3.05, 3.63) is 35.4 Å². The number of nitrogens with one attached hydrogen (secondary N) is 1. The van der Waals surface area contributed by atoms with Gasteiger partial charge in [0.2, 0.25) is 5.91 Å². The van der Waals surface area contributed by atoms with Crippen LogP contribution in [0.4, 0.5) is 0 Å². The van der Waals surface area contributed by atoms with Crippen LogP contribution >= 0.6 is 0 Å². The fourth-order valence-corrected chi connectivity index (χ4v) is 2.23. The van der Waals surface area contributed by atoms with Crippen molar-refractivity contribution in [2.75, 3.05) is 0 Å². The monoisotopic (exact) mass is 233 g/mol. The second-order valence-electron chi connectivity index (χ2n) is 4.77. The van der Waals surface area contributed by atoms with Crippen molar-refractivity contribution in [2.45, 2.75) is 38.8 Å². The summed E-state index contributed by atoms with van der Waals surface area (Å²) in [5.41, 5.74) is 2.19. The summed E-state index contributed by atoms with van der Waals surface area (Å²) in [6, 6.07) is 7.65. The van der Waals surface area contributed by atoms with Crippen molar-refractivity contribution in [2.24, 2.45) is 5.92 Å². The molecular weight excluding hydrogens is 214 g/mol. The maximum Gasteiger partial charge on any atom is 0.223 e. The average Bonchev–Trinajstić information content (AvgIpc) is 2.65. The van der Waals surface area contributed by atoms with E-state index in [-0.39, 0.29) is 17.9 Å². The Bertz CT molecular complexity index is 416. The lowest BCUT2D eigenvalue weighted by atomic mass is 10.0. The Morgan fingerprint density at radius 3 is 2.94 bits per heavy atom. The second kappa shape index (κ2) is 4.88. The van der Waals surface area contributed by atoms with Crippen molar-refractivity contribution >= 4 is 5.91 Å². The SMILES string of the molecule is CCC(C)C(=O)N[C@@H]1c2ccccc2C[C@@H]1O. The summed E-state index contributed by atoms with van der Waals surface area (Å²) in [7, 11) is 0. The van der Waals surface area contributed by atoms with Crippen LogP contribution in [0.5, 0.6) is 0 Å². The van der Waals surface area contributed by atoms with Gasteiger partial charge in [-0.25, -0.2) is 0 Å². The molecule has 1 aromatic carbocycles. The molecule has 2 N–H and O–H groups in total. The van der Waals surface area contributed by atoms with Gasteiger partial charge in [0.25, 0.3) is 0 Å². The number of carbonyl (C=O) groups is 1. The highest BCUT2D eigenvalue weighted by Gasteiger charge is 2.32. The van der Waals surface area contributed by atoms with E-state index < -0.39 is 6.10 Å². The largest absolute Gasteiger partial charge is 0.390 e. The number of hydrogen-bond donors (Lipinski definition) is 2. The molecule has 3 heteroatoms. The first-order valence-corrected chi connectivity index (χ1v) is 6.19. The molecule has 0 spiro atoms. The van der Waals surface area contributed by atoms with Gasteiger partial charge >= 0.3 is 0 Å². The molecule has 0 fully saturated rings. The molecular formula is C14H19NO2. The number of rotatable bonds is 3. The second-order valence-corrected chi connectivity index (χ2v) is 4.77. The molecule has 1 aromatic rings. The molecule has 17 heavy (non-hydrogen) atoms. The Balaban J connectivity index is 2.14. The molecule has 0 saturated heterocycles. The quantitative estimate of drug-likeness (QED) is 0.836. The molecule has 2 rings (SSSR count). The van der Waals surface area contributed by atoms with Gasteiger partial charge in [0.05, 0.1) is 12.1 Å². The molecule has 1 amide bonds. The summed E-state index contributed by atoms with van der Waals surface area (Å²) in [5.74, 6) is 0.0169. The predicted octanol–water partition coefficient (Wildman–Crippen LogP) is 1.81. The summed E-state index contributed by atoms with van der Waals surface area (Å²) in [5, 5.41) is 12.9. The molecule has 3 atom stereocenters. The van der Waals surface area contributed by atoms with Gasteiger partial charge < -0.3 is 10.4 Å². The minimum Gasteiger partial charge on any atom is -0.390 e. The predicted molar refractivity (Wildman–Crippen MR) is 66.5 cm³/mol. The zero-order chi connectivity index (χ0) is 12.4. The van der Waals surface area contributed by atoms with E-state index in [9.17, 15) is 9.90 Å². The number of amides is 1. The standard InChI is InChI=1S/C14H19NO2/c1-3-9(2)14(17)15-13-11-7-5-4-6-10(11)8-12(13)16/h4-7,9,12-13,16H,3,8H2,1-2H3,(H,15,17)/t9?,12-,13+/m0/s1. The van der Waals surface area contributed by atoms with Crippen molar-refractivity contribution in [1.29, 1.82) is 0 Å². The lowest BCUT2D eigenvalue weighted by Gasteiger charge is -2.20. The van der Waals surface area contributed by atoms with Crippen LogP contribution in [0.25, 0.3) is 0 Å². The zero-order valence-electron chi connectivity index (χ0n) is 10.3. The van der Waals surface area contributed by atoms with Crippen LogP contribution in [0.3, 0.4) is 0 Å². The summed E-state index contributed by atoms with van der Waals surface area (Å²) >= 11 is 0. The number of aliphatic hydroxyl groups excluding tert-OH is 1. The van der Waals surface area contributed by atoms with Crippen molar-refractivity contribution in [3.63, 3.8) is 0 Å². The highest BCUT2D eigenvalue weighted by molar-refractivity contribution is 5.79. The van der Waals surface area contributed by atoms with Crippen LogP contribution in [0.2, 0.25) is 0 Å². The number of benzene rings is 1. The Labute approximate surface area is 102 Å². The van der Waals surface area contributed by atoms with Gasteiger partial charge in [-0.2, -0.15) is 0 Å². The van der Waals surface area contributed by atoms with Crippen molar-refractivity contribution in [1.82, 2.24) is 5.32 Å². The van der Waals surface area contributed by atoms with Crippen LogP contribution in [-0.2, 0) is 11.2 Å². The third-order valence-electron chi connectivity index (χ3n) is 3.56. The number of fused-ring (bicyclic) bond motifs is 1. The summed E-state index contributed by atoms with van der Waals surface area (Å²) in [6.45, 7) is 3.89. The maximum absolute atomic E-state index is 11.9. The van der Waals surface area contributed by atoms with E-state index in [2.05, 4.69) is 5.32 Å². The van der Waals surface area contributed by atoms with E-state index in [4.69, 9.17) is 0 Å². The van der Waals surface area contributed by atoms with Gasteiger partial charge in [-0.1, -0.05) is 38.1 Å². The van der Waals surface area contributed by atoms with Gasteiger partial charge in [-0.15, -0.1) is 0 Å². The van der Waals surface area contributed by atoms with Gasteiger partial charge in [0, 0.05) is 12.3 Å². The molecule has 0 heterocycles. The molecule has 0 radical (unpaired) electrons. The molecule has 0 aliphatic heterocycles. The van der Waals surface area contributed by atoms with Gasteiger partial charge in [0.15, 0.2) is 0 Å². The van der Waals surface area contributed by atoms with Gasteiger partial charge in [-0.05, 0) is 17.5 Å². The molecule has 3 nitrogen and oxygen atoms in total. The maximum atomic E-state index is 11.9. The average molecular weight is 233 g/mol. The minimum absolute atomic E-state index is 0.00466. The third kappa shape index (κ3) is 2.34. The van der Waals surface area contributed by atoms with Crippen LogP contribution in [0, 0.1) is 5.92 Å². The van der Waals surface area contributed by atoms with E-state index in [1.807, 2.05) is 38.1 Å². The van der Waals surface area contributed by atoms with Crippen LogP contribution in [0.15, 0.2) is 24.3 Å². The Hall–Kier alpha value is -1.35. The lowest BCUT2D eigenvalue weighted by molar-refractivity contribution is -0.126. The van der Waals surface area contributed by atoms with Crippen molar-refractivity contribution in [3.8, 4) is 0 Å². The van der Waals surface area contributed by atoms with Gasteiger partial charge in [0.1, 0.15) is 0 Å². The van der Waals surface area contributed by atoms with E-state index in [1.54, 1.807) is 0 Å². The van der Waals surface area contributed by atoms with E-state index in [0.717, 1.165) is 17.5 Å². The van der Waals surface area contributed by atoms with Crippen molar-refractivity contribution < 1.29 is 9.90 Å². The van der Waals surface area contributed by atoms with E-state index >= 15 is 0 Å². The number of aliphatic hydroxyl groups is 1. The third-order valence-corrected chi connectivity index (χ3v) is 3.56. The molecule has 1 aliphatic rings. The number of carbonyl (C=O) groups excluding carboxylic acids is 1. The Morgan fingerprint density at radius 1 is 1.53 bits per heavy atom. The highest BCUT2D eigenvalue weighted by atomic mass is 16.3. The topological polar surface area (TPSA) is 49.3 Å². The molecule has 1 unspecified atom stereocenters. The fourth-order valence-electron chi connectivity index (χ4n) is 2.23. The molecule has 92 valence electrons. The first kappa shape index (κ1) is 12.1. The summed E-state index contributed by atoms with van der Waals surface area (Å²) in [6.07, 6.45) is 0.943. The molecule has 1 aliphatic carbocycles. The zero-order valence-corrected chi connectivity index (χ0v) is 10.3. The van der Waals surface area contributed by atoms with Crippen LogP contribution in [0.1, 0.15) is 37.4 Å². The van der Waals surface area contributed by atoms with E-state index in [0.29, 0.717) is 6.42 Å². The minimum atomic E-state index is -0.500. The van der Waals surface area contributed by atoms with Crippen LogP contribution in [-0.4, -0.2) is 17.1 Å². The summed E-state index contributed by atoms with van der Waals surface area (Å²) < 4.78 is 0. The highest BCUT2D eigenvalue weighted by Crippen LogP contribution is 2.31. The molecule has 0 saturated carbocycles. The Kier molecular flexibility index (Phi) is 3.48. The smallest absolute Gasteiger partial charge is 0.223 e. The number of hydrogen-bond acceptors (Lipinski definition) is 2. The Morgan fingerprint density at radius 2 is 2.24 bits per heavy atom. The molecule has 0 bridgehead atoms.